The molecule has 19 heavy (non-hydrogen) atoms. The molecule has 0 aliphatic carbocycles. The highest BCUT2D eigenvalue weighted by atomic mass is 16.5. The van der Waals surface area contributed by atoms with Crippen LogP contribution in [0.2, 0.25) is 0 Å². The molecular weight excluding hydrogens is 246 g/mol. The monoisotopic (exact) mass is 265 g/mol. The molecule has 0 spiro atoms. The maximum atomic E-state index is 11.6. The summed E-state index contributed by atoms with van der Waals surface area (Å²) in [5.41, 5.74) is 0.891. The highest BCUT2D eigenvalue weighted by Gasteiger charge is 2.04. The van der Waals surface area contributed by atoms with Gasteiger partial charge in [-0.2, -0.15) is 0 Å². The molecule has 1 amide bonds. The van der Waals surface area contributed by atoms with Crippen LogP contribution in [0.25, 0.3) is 0 Å². The molecule has 0 saturated heterocycles. The first-order valence-electron chi connectivity index (χ1n) is 6.23. The minimum absolute atomic E-state index is 0.0661. The fraction of sp³-hybridized carbons (Fsp3) is 0.429. The number of aliphatic carboxylic acids is 1. The van der Waals surface area contributed by atoms with E-state index in [1.807, 2.05) is 24.3 Å². The molecule has 0 bridgehead atoms. The second-order valence-corrected chi connectivity index (χ2v) is 4.23. The van der Waals surface area contributed by atoms with Crippen molar-refractivity contribution >= 4 is 11.9 Å². The fourth-order valence-corrected chi connectivity index (χ4v) is 1.66. The van der Waals surface area contributed by atoms with E-state index in [4.69, 9.17) is 9.84 Å². The van der Waals surface area contributed by atoms with Gasteiger partial charge in [0.2, 0.25) is 5.91 Å². The summed E-state index contributed by atoms with van der Waals surface area (Å²) < 4.78 is 5.08. The molecule has 5 nitrogen and oxygen atoms in total. The summed E-state index contributed by atoms with van der Waals surface area (Å²) in [6.07, 6.45) is 1.70. The summed E-state index contributed by atoms with van der Waals surface area (Å²) in [5, 5.41) is 11.2. The number of benzene rings is 1. The van der Waals surface area contributed by atoms with Gasteiger partial charge < -0.3 is 15.2 Å². The van der Waals surface area contributed by atoms with Gasteiger partial charge in [-0.25, -0.2) is 0 Å². The number of rotatable bonds is 8. The third-order valence-electron chi connectivity index (χ3n) is 2.64. The van der Waals surface area contributed by atoms with Crippen molar-refractivity contribution in [1.29, 1.82) is 0 Å². The Balaban J connectivity index is 2.25. The van der Waals surface area contributed by atoms with Crippen molar-refractivity contribution in [3.63, 3.8) is 0 Å². The van der Waals surface area contributed by atoms with Crippen LogP contribution in [0, 0.1) is 0 Å². The Kier molecular flexibility index (Phi) is 6.43. The van der Waals surface area contributed by atoms with E-state index in [1.165, 1.54) is 0 Å². The van der Waals surface area contributed by atoms with Crippen LogP contribution in [0.5, 0.6) is 5.75 Å². The number of methoxy groups -OCH3 is 1. The predicted octanol–water partition coefficient (Wildman–Crippen LogP) is 1.61. The molecule has 0 aromatic heterocycles. The van der Waals surface area contributed by atoms with Crippen molar-refractivity contribution in [3.8, 4) is 5.75 Å². The first kappa shape index (κ1) is 15.0. The van der Waals surface area contributed by atoms with Gasteiger partial charge in [0.1, 0.15) is 5.75 Å². The lowest BCUT2D eigenvalue weighted by Gasteiger charge is -2.06. The van der Waals surface area contributed by atoms with E-state index >= 15 is 0 Å². The van der Waals surface area contributed by atoms with Crippen LogP contribution in [0.3, 0.4) is 0 Å². The highest BCUT2D eigenvalue weighted by Crippen LogP contribution is 2.12. The molecule has 0 unspecified atom stereocenters. The summed E-state index contributed by atoms with van der Waals surface area (Å²) in [4.78, 5) is 21.9. The van der Waals surface area contributed by atoms with Gasteiger partial charge >= 0.3 is 5.97 Å². The summed E-state index contributed by atoms with van der Waals surface area (Å²) in [7, 11) is 1.58. The van der Waals surface area contributed by atoms with E-state index in [9.17, 15) is 9.59 Å². The van der Waals surface area contributed by atoms with Gasteiger partial charge in [0.25, 0.3) is 0 Å². The SMILES string of the molecule is COc1cccc(CC(=O)NCCCCC(=O)O)c1. The topological polar surface area (TPSA) is 75.6 Å². The first-order valence-corrected chi connectivity index (χ1v) is 6.23. The predicted molar refractivity (Wildman–Crippen MR) is 71.2 cm³/mol. The van der Waals surface area contributed by atoms with Crippen molar-refractivity contribution in [3.05, 3.63) is 29.8 Å². The number of unbranched alkanes of at least 4 members (excludes halogenated alkanes) is 1. The Hall–Kier alpha value is -2.04. The molecule has 0 fully saturated rings. The Morgan fingerprint density at radius 1 is 1.32 bits per heavy atom. The van der Waals surface area contributed by atoms with Crippen molar-refractivity contribution < 1.29 is 19.4 Å². The number of carboxylic acids is 1. The smallest absolute Gasteiger partial charge is 0.303 e. The van der Waals surface area contributed by atoms with Gasteiger partial charge in [0, 0.05) is 13.0 Å². The van der Waals surface area contributed by atoms with E-state index in [1.54, 1.807) is 7.11 Å². The van der Waals surface area contributed by atoms with Crippen LogP contribution in [0.4, 0.5) is 0 Å². The zero-order chi connectivity index (χ0) is 14.1. The van der Waals surface area contributed by atoms with Gasteiger partial charge in [0.05, 0.1) is 13.5 Å². The number of nitrogens with one attached hydrogen (secondary N) is 1. The first-order chi connectivity index (χ1) is 9.11. The lowest BCUT2D eigenvalue weighted by Crippen LogP contribution is -2.26. The summed E-state index contributed by atoms with van der Waals surface area (Å²) in [6, 6.07) is 7.36. The minimum atomic E-state index is -0.803. The van der Waals surface area contributed by atoms with Crippen molar-refractivity contribution in [2.45, 2.75) is 25.7 Å². The van der Waals surface area contributed by atoms with E-state index in [2.05, 4.69) is 5.32 Å². The Morgan fingerprint density at radius 3 is 2.79 bits per heavy atom. The summed E-state index contributed by atoms with van der Waals surface area (Å²) >= 11 is 0. The molecule has 0 aliphatic heterocycles. The molecule has 104 valence electrons. The summed E-state index contributed by atoms with van der Waals surface area (Å²) in [6.45, 7) is 0.510. The third-order valence-corrected chi connectivity index (χ3v) is 2.64. The van der Waals surface area contributed by atoms with E-state index in [-0.39, 0.29) is 12.3 Å². The second kappa shape index (κ2) is 8.13. The number of hydrogen-bond donors (Lipinski definition) is 2. The standard InChI is InChI=1S/C14H19NO4/c1-19-12-6-4-5-11(9-12)10-13(16)15-8-3-2-7-14(17)18/h4-6,9H,2-3,7-8,10H2,1H3,(H,15,16)(H,17,18). The van der Waals surface area contributed by atoms with Crippen LogP contribution in [-0.2, 0) is 16.0 Å². The molecular formula is C14H19NO4. The molecule has 0 atom stereocenters. The van der Waals surface area contributed by atoms with Crippen LogP contribution in [0.15, 0.2) is 24.3 Å². The molecule has 0 radical (unpaired) electrons. The second-order valence-electron chi connectivity index (χ2n) is 4.23. The van der Waals surface area contributed by atoms with Gasteiger partial charge in [-0.05, 0) is 30.5 Å². The third kappa shape index (κ3) is 6.45. The molecule has 2 N–H and O–H groups in total. The molecule has 1 rings (SSSR count). The molecule has 1 aromatic rings. The van der Waals surface area contributed by atoms with Crippen LogP contribution < -0.4 is 10.1 Å². The lowest BCUT2D eigenvalue weighted by atomic mass is 10.1. The Morgan fingerprint density at radius 2 is 2.11 bits per heavy atom. The average molecular weight is 265 g/mol. The fourth-order valence-electron chi connectivity index (χ4n) is 1.66. The minimum Gasteiger partial charge on any atom is -0.497 e. The van der Waals surface area contributed by atoms with Crippen LogP contribution >= 0.6 is 0 Å². The highest BCUT2D eigenvalue weighted by molar-refractivity contribution is 5.78. The maximum Gasteiger partial charge on any atom is 0.303 e. The maximum absolute atomic E-state index is 11.6. The van der Waals surface area contributed by atoms with Crippen molar-refractivity contribution in [2.24, 2.45) is 0 Å². The van der Waals surface area contributed by atoms with Gasteiger partial charge in [-0.1, -0.05) is 12.1 Å². The largest absolute Gasteiger partial charge is 0.497 e. The Labute approximate surface area is 112 Å². The number of carbonyl (C=O) groups is 2. The molecule has 0 aliphatic rings. The number of carboxylic acid groups (broad SMARTS) is 1. The van der Waals surface area contributed by atoms with Crippen LogP contribution in [-0.4, -0.2) is 30.6 Å². The Bertz CT molecular complexity index is 431. The number of hydrogen-bond acceptors (Lipinski definition) is 3. The molecule has 5 heteroatoms. The number of carbonyl (C=O) groups excluding carboxylic acids is 1. The zero-order valence-electron chi connectivity index (χ0n) is 11.0. The van der Waals surface area contributed by atoms with E-state index in [0.717, 1.165) is 11.3 Å². The van der Waals surface area contributed by atoms with Gasteiger partial charge in [-0.3, -0.25) is 9.59 Å². The molecule has 0 heterocycles. The van der Waals surface area contributed by atoms with Gasteiger partial charge in [0.15, 0.2) is 0 Å². The van der Waals surface area contributed by atoms with Crippen LogP contribution in [0.1, 0.15) is 24.8 Å². The van der Waals surface area contributed by atoms with Crippen molar-refractivity contribution in [1.82, 2.24) is 5.32 Å². The summed E-state index contributed by atoms with van der Waals surface area (Å²) in [5.74, 6) is -0.141. The van der Waals surface area contributed by atoms with Gasteiger partial charge in [-0.15, -0.1) is 0 Å². The molecule has 0 saturated carbocycles. The zero-order valence-corrected chi connectivity index (χ0v) is 11.0. The number of amides is 1. The lowest BCUT2D eigenvalue weighted by molar-refractivity contribution is -0.137. The quantitative estimate of drug-likeness (QED) is 0.700. The molecule has 1 aromatic carbocycles. The average Bonchev–Trinajstić information content (AvgIpc) is 2.38. The van der Waals surface area contributed by atoms with E-state index < -0.39 is 5.97 Å². The number of ether oxygens (including phenoxy) is 1. The van der Waals surface area contributed by atoms with E-state index in [0.29, 0.717) is 25.8 Å². The normalized spacial score (nSPS) is 9.95. The van der Waals surface area contributed by atoms with Crippen molar-refractivity contribution in [2.75, 3.05) is 13.7 Å².